The van der Waals surface area contributed by atoms with Crippen molar-refractivity contribution in [2.75, 3.05) is 18.5 Å². The Kier molecular flexibility index (Phi) is 4.31. The van der Waals surface area contributed by atoms with E-state index in [-0.39, 0.29) is 17.7 Å². The molecule has 21 heavy (non-hydrogen) atoms. The predicted octanol–water partition coefficient (Wildman–Crippen LogP) is 2.85. The Bertz CT molecular complexity index is 536. The van der Waals surface area contributed by atoms with Crippen LogP contribution >= 0.6 is 0 Å². The molecule has 1 aromatic heterocycles. The Morgan fingerprint density at radius 3 is 2.81 bits per heavy atom. The third-order valence-corrected chi connectivity index (χ3v) is 3.46. The normalized spacial score (nSPS) is 22.3. The summed E-state index contributed by atoms with van der Waals surface area (Å²) in [4.78, 5) is 13.2. The third kappa shape index (κ3) is 3.60. The van der Waals surface area contributed by atoms with Gasteiger partial charge in [-0.3, -0.25) is 10.1 Å². The number of anilines is 1. The molecule has 9 heteroatoms. The molecule has 0 amide bonds. The number of rotatable bonds is 4. The maximum atomic E-state index is 12.6. The summed E-state index contributed by atoms with van der Waals surface area (Å²) in [6.45, 7) is 2.75. The van der Waals surface area contributed by atoms with E-state index in [0.29, 0.717) is 25.4 Å². The van der Waals surface area contributed by atoms with Crippen LogP contribution in [-0.2, 0) is 10.9 Å². The van der Waals surface area contributed by atoms with Crippen LogP contribution in [0.4, 0.5) is 24.5 Å². The lowest BCUT2D eigenvalue weighted by Gasteiger charge is -2.16. The molecule has 0 spiro atoms. The highest BCUT2D eigenvalue weighted by atomic mass is 19.4. The van der Waals surface area contributed by atoms with Gasteiger partial charge in [-0.25, -0.2) is 4.98 Å². The molecule has 2 unspecified atom stereocenters. The largest absolute Gasteiger partial charge is 0.433 e. The van der Waals surface area contributed by atoms with Gasteiger partial charge in [0.1, 0.15) is 17.6 Å². The summed E-state index contributed by atoms with van der Waals surface area (Å²) in [7, 11) is 0. The van der Waals surface area contributed by atoms with Gasteiger partial charge in [0.15, 0.2) is 0 Å². The van der Waals surface area contributed by atoms with Gasteiger partial charge in [-0.05, 0) is 19.4 Å². The van der Waals surface area contributed by atoms with Crippen molar-refractivity contribution in [1.29, 1.82) is 0 Å². The summed E-state index contributed by atoms with van der Waals surface area (Å²) < 4.78 is 43.2. The molecule has 116 valence electrons. The molecule has 0 saturated carbocycles. The second-order valence-corrected chi connectivity index (χ2v) is 4.85. The van der Waals surface area contributed by atoms with Gasteiger partial charge < -0.3 is 10.1 Å². The highest BCUT2D eigenvalue weighted by Crippen LogP contribution is 2.33. The zero-order valence-electron chi connectivity index (χ0n) is 11.2. The standard InChI is InChI=1S/C12H14F3N3O3/c1-7-8(2-3-21-7)5-16-9-4-11(12(13,14)15)17-6-10(9)18(19)20/h4,6-8H,2-3,5H2,1H3,(H,16,17). The lowest BCUT2D eigenvalue weighted by Crippen LogP contribution is -2.21. The molecule has 2 atom stereocenters. The van der Waals surface area contributed by atoms with E-state index in [1.807, 2.05) is 6.92 Å². The summed E-state index contributed by atoms with van der Waals surface area (Å²) in [5, 5.41) is 13.6. The van der Waals surface area contributed by atoms with Gasteiger partial charge in [0.25, 0.3) is 0 Å². The predicted molar refractivity (Wildman–Crippen MR) is 67.9 cm³/mol. The molecule has 6 nitrogen and oxygen atoms in total. The molecule has 0 bridgehead atoms. The van der Waals surface area contributed by atoms with Crippen molar-refractivity contribution in [2.24, 2.45) is 5.92 Å². The molecular formula is C12H14F3N3O3. The number of pyridine rings is 1. The topological polar surface area (TPSA) is 77.3 Å². The van der Waals surface area contributed by atoms with E-state index in [2.05, 4.69) is 10.3 Å². The van der Waals surface area contributed by atoms with Crippen LogP contribution in [0.25, 0.3) is 0 Å². The van der Waals surface area contributed by atoms with Gasteiger partial charge in [-0.1, -0.05) is 0 Å². The highest BCUT2D eigenvalue weighted by molar-refractivity contribution is 5.61. The quantitative estimate of drug-likeness (QED) is 0.683. The molecular weight excluding hydrogens is 291 g/mol. The number of nitrogens with zero attached hydrogens (tertiary/aromatic N) is 2. The van der Waals surface area contributed by atoms with Crippen molar-refractivity contribution in [3.8, 4) is 0 Å². The third-order valence-electron chi connectivity index (χ3n) is 3.46. The van der Waals surface area contributed by atoms with Crippen LogP contribution in [0.2, 0.25) is 0 Å². The summed E-state index contributed by atoms with van der Waals surface area (Å²) >= 11 is 0. The molecule has 2 rings (SSSR count). The van der Waals surface area contributed by atoms with Gasteiger partial charge in [0.05, 0.1) is 11.0 Å². The fraction of sp³-hybridized carbons (Fsp3) is 0.583. The Balaban J connectivity index is 2.20. The number of nitro groups is 1. The Morgan fingerprint density at radius 1 is 1.57 bits per heavy atom. The molecule has 1 aromatic rings. The molecule has 0 aliphatic carbocycles. The van der Waals surface area contributed by atoms with Gasteiger partial charge in [0, 0.05) is 19.1 Å². The van der Waals surface area contributed by atoms with Crippen molar-refractivity contribution in [3.63, 3.8) is 0 Å². The van der Waals surface area contributed by atoms with E-state index in [0.717, 1.165) is 6.42 Å². The van der Waals surface area contributed by atoms with Crippen molar-refractivity contribution in [1.82, 2.24) is 4.98 Å². The minimum atomic E-state index is -4.64. The van der Waals surface area contributed by atoms with Crippen molar-refractivity contribution in [2.45, 2.75) is 25.6 Å². The first-order chi connectivity index (χ1) is 9.79. The second-order valence-electron chi connectivity index (χ2n) is 4.85. The van der Waals surface area contributed by atoms with Crippen molar-refractivity contribution < 1.29 is 22.8 Å². The molecule has 1 aliphatic rings. The van der Waals surface area contributed by atoms with E-state index in [9.17, 15) is 23.3 Å². The Labute approximate surface area is 118 Å². The van der Waals surface area contributed by atoms with E-state index < -0.39 is 22.5 Å². The molecule has 0 radical (unpaired) electrons. The average molecular weight is 305 g/mol. The second kappa shape index (κ2) is 5.84. The zero-order valence-corrected chi connectivity index (χ0v) is 11.2. The first-order valence-corrected chi connectivity index (χ1v) is 6.36. The molecule has 0 aromatic carbocycles. The highest BCUT2D eigenvalue weighted by Gasteiger charge is 2.34. The van der Waals surface area contributed by atoms with E-state index >= 15 is 0 Å². The van der Waals surface area contributed by atoms with Crippen LogP contribution in [-0.4, -0.2) is 29.2 Å². The maximum Gasteiger partial charge on any atom is 0.433 e. The SMILES string of the molecule is CC1OCCC1CNc1cc(C(F)(F)F)ncc1[N+](=O)[O-]. The number of hydrogen-bond acceptors (Lipinski definition) is 5. The minimum absolute atomic E-state index is 0.0273. The molecule has 1 saturated heterocycles. The molecule has 2 heterocycles. The van der Waals surface area contributed by atoms with Crippen LogP contribution in [0, 0.1) is 16.0 Å². The lowest BCUT2D eigenvalue weighted by atomic mass is 10.0. The summed E-state index contributed by atoms with van der Waals surface area (Å²) in [5.74, 6) is 0.104. The van der Waals surface area contributed by atoms with Crippen LogP contribution in [0.5, 0.6) is 0 Å². The van der Waals surface area contributed by atoms with Crippen LogP contribution in [0.15, 0.2) is 12.3 Å². The fourth-order valence-corrected chi connectivity index (χ4v) is 2.18. The van der Waals surface area contributed by atoms with Crippen molar-refractivity contribution in [3.05, 3.63) is 28.1 Å². The number of halogens is 3. The summed E-state index contributed by atoms with van der Waals surface area (Å²) in [5.41, 5.74) is -1.82. The van der Waals surface area contributed by atoms with E-state index in [1.54, 1.807) is 0 Å². The Morgan fingerprint density at radius 2 is 2.29 bits per heavy atom. The number of nitrogens with one attached hydrogen (secondary N) is 1. The van der Waals surface area contributed by atoms with E-state index in [1.165, 1.54) is 0 Å². The number of ether oxygens (including phenoxy) is 1. The van der Waals surface area contributed by atoms with Crippen LogP contribution in [0.3, 0.4) is 0 Å². The Hall–Kier alpha value is -1.90. The molecule has 1 N–H and O–H groups in total. The monoisotopic (exact) mass is 305 g/mol. The van der Waals surface area contributed by atoms with Gasteiger partial charge in [0.2, 0.25) is 0 Å². The van der Waals surface area contributed by atoms with E-state index in [4.69, 9.17) is 4.74 Å². The molecule has 1 aliphatic heterocycles. The summed E-state index contributed by atoms with van der Waals surface area (Å²) in [6.07, 6.45) is -3.28. The lowest BCUT2D eigenvalue weighted by molar-refractivity contribution is -0.384. The first kappa shape index (κ1) is 15.5. The van der Waals surface area contributed by atoms with Gasteiger partial charge in [-0.2, -0.15) is 13.2 Å². The molecule has 1 fully saturated rings. The maximum absolute atomic E-state index is 12.6. The number of hydrogen-bond donors (Lipinski definition) is 1. The first-order valence-electron chi connectivity index (χ1n) is 6.36. The smallest absolute Gasteiger partial charge is 0.379 e. The average Bonchev–Trinajstić information content (AvgIpc) is 2.80. The number of alkyl halides is 3. The summed E-state index contributed by atoms with van der Waals surface area (Å²) in [6, 6.07) is 0.665. The number of aromatic nitrogens is 1. The fourth-order valence-electron chi connectivity index (χ4n) is 2.18. The zero-order chi connectivity index (χ0) is 15.6. The van der Waals surface area contributed by atoms with Crippen LogP contribution < -0.4 is 5.32 Å². The van der Waals surface area contributed by atoms with Crippen molar-refractivity contribution >= 4 is 11.4 Å². The van der Waals surface area contributed by atoms with Gasteiger partial charge >= 0.3 is 11.9 Å². The van der Waals surface area contributed by atoms with Gasteiger partial charge in [-0.15, -0.1) is 0 Å². The minimum Gasteiger partial charge on any atom is -0.379 e. The van der Waals surface area contributed by atoms with Crippen LogP contribution in [0.1, 0.15) is 19.0 Å².